The molecule has 0 aromatic heterocycles. The number of hydrogen-bond donors (Lipinski definition) is 2. The first-order valence-corrected chi connectivity index (χ1v) is 11.5. The van der Waals surface area contributed by atoms with Gasteiger partial charge in [-0.25, -0.2) is 4.39 Å². The maximum Gasteiger partial charge on any atom is 0.260 e. The summed E-state index contributed by atoms with van der Waals surface area (Å²) in [6, 6.07) is 11.6. The van der Waals surface area contributed by atoms with Crippen LogP contribution in [0.5, 0.6) is 0 Å². The number of halogens is 1. The molecule has 34 heavy (non-hydrogen) atoms. The van der Waals surface area contributed by atoms with Crippen LogP contribution in [0.1, 0.15) is 48.2 Å². The minimum Gasteiger partial charge on any atom is -0.482 e. The number of anilines is 1. The molecule has 1 saturated heterocycles. The van der Waals surface area contributed by atoms with Crippen LogP contribution >= 0.6 is 0 Å². The summed E-state index contributed by atoms with van der Waals surface area (Å²) < 4.78 is 19.8. The smallest absolute Gasteiger partial charge is 0.260 e. The van der Waals surface area contributed by atoms with Gasteiger partial charge in [0.15, 0.2) is 0 Å². The van der Waals surface area contributed by atoms with Crippen LogP contribution in [0.25, 0.3) is 11.1 Å². The Morgan fingerprint density at radius 3 is 2.74 bits per heavy atom. The van der Waals surface area contributed by atoms with E-state index >= 15 is 0 Å². The minimum absolute atomic E-state index is 0.0325. The van der Waals surface area contributed by atoms with Gasteiger partial charge in [-0.3, -0.25) is 9.59 Å². The number of allylic oxidation sites excluding steroid dienone is 1. The van der Waals surface area contributed by atoms with Crippen molar-refractivity contribution in [1.82, 2.24) is 4.90 Å². The molecule has 0 spiro atoms. The van der Waals surface area contributed by atoms with E-state index in [-0.39, 0.29) is 24.3 Å². The van der Waals surface area contributed by atoms with Crippen molar-refractivity contribution in [2.75, 3.05) is 25.0 Å². The van der Waals surface area contributed by atoms with Crippen LogP contribution in [0.2, 0.25) is 0 Å². The van der Waals surface area contributed by atoms with Crippen LogP contribution in [-0.2, 0) is 9.53 Å². The minimum atomic E-state index is -0.696. The lowest BCUT2D eigenvalue weighted by molar-refractivity contribution is -0.111. The zero-order valence-electron chi connectivity index (χ0n) is 19.2. The van der Waals surface area contributed by atoms with Crippen LogP contribution in [0.4, 0.5) is 10.1 Å². The first-order valence-electron chi connectivity index (χ1n) is 11.5. The highest BCUT2D eigenvalue weighted by molar-refractivity contribution is 6.32. The van der Waals surface area contributed by atoms with Gasteiger partial charge in [0.2, 0.25) is 0 Å². The molecule has 0 bridgehead atoms. The number of amides is 2. The highest BCUT2D eigenvalue weighted by atomic mass is 19.1. The molecule has 2 aromatic carbocycles. The Hall–Kier alpha value is -3.45. The van der Waals surface area contributed by atoms with Gasteiger partial charge in [-0.2, -0.15) is 0 Å². The number of carbonyl (C=O) groups is 2. The fraction of sp³-hybridized carbons (Fsp3) is 0.333. The Labute approximate surface area is 197 Å². The number of nitrogens with one attached hydrogen (secondary N) is 1. The van der Waals surface area contributed by atoms with E-state index in [0.29, 0.717) is 41.2 Å². The summed E-state index contributed by atoms with van der Waals surface area (Å²) in [7, 11) is 0. The van der Waals surface area contributed by atoms with Crippen molar-refractivity contribution in [1.29, 1.82) is 0 Å². The first kappa shape index (κ1) is 22.3. The van der Waals surface area contributed by atoms with E-state index in [1.807, 2.05) is 49.1 Å². The van der Waals surface area contributed by atoms with Crippen molar-refractivity contribution < 1.29 is 23.8 Å². The van der Waals surface area contributed by atoms with E-state index in [4.69, 9.17) is 4.74 Å². The molecule has 2 aromatic rings. The Morgan fingerprint density at radius 2 is 2.00 bits per heavy atom. The number of rotatable bonds is 3. The summed E-state index contributed by atoms with van der Waals surface area (Å²) in [5.74, 6) is -0.200. The van der Waals surface area contributed by atoms with Gasteiger partial charge in [-0.1, -0.05) is 12.1 Å². The molecule has 0 radical (unpaired) electrons. The molecule has 1 fully saturated rings. The Balaban J connectivity index is 1.44. The van der Waals surface area contributed by atoms with Crippen molar-refractivity contribution >= 4 is 28.6 Å². The number of aliphatic hydroxyl groups is 1. The molecule has 176 valence electrons. The predicted molar refractivity (Wildman–Crippen MR) is 127 cm³/mol. The molecule has 6 nitrogen and oxygen atoms in total. The summed E-state index contributed by atoms with van der Waals surface area (Å²) >= 11 is 0. The zero-order valence-corrected chi connectivity index (χ0v) is 19.2. The maximum absolute atomic E-state index is 13.6. The predicted octanol–water partition coefficient (Wildman–Crippen LogP) is 4.23. The molecule has 7 heteroatoms. The molecule has 3 heterocycles. The molecule has 3 aliphatic heterocycles. The van der Waals surface area contributed by atoms with Crippen LogP contribution in [0.3, 0.4) is 0 Å². The van der Waals surface area contributed by atoms with Crippen LogP contribution in [-0.4, -0.2) is 47.1 Å². The molecule has 5 rings (SSSR count). The summed E-state index contributed by atoms with van der Waals surface area (Å²) in [4.78, 5) is 27.4. The van der Waals surface area contributed by atoms with E-state index in [2.05, 4.69) is 5.32 Å². The monoisotopic (exact) mass is 462 g/mol. The molecule has 3 aliphatic rings. The van der Waals surface area contributed by atoms with Crippen molar-refractivity contribution in [3.63, 3.8) is 0 Å². The van der Waals surface area contributed by atoms with E-state index in [1.54, 1.807) is 6.07 Å². The number of fused-ring (bicyclic) bond motifs is 1. The number of aliphatic hydroxyl groups excluding tert-OH is 1. The third kappa shape index (κ3) is 3.90. The lowest BCUT2D eigenvalue weighted by Crippen LogP contribution is -2.40. The van der Waals surface area contributed by atoms with Gasteiger partial charge in [-0.15, -0.1) is 0 Å². The first-order chi connectivity index (χ1) is 16.3. The highest BCUT2D eigenvalue weighted by Gasteiger charge is 2.38. The van der Waals surface area contributed by atoms with Gasteiger partial charge in [0.1, 0.15) is 17.2 Å². The number of hydrogen-bond acceptors (Lipinski definition) is 4. The number of benzene rings is 2. The van der Waals surface area contributed by atoms with Crippen molar-refractivity contribution in [2.45, 2.75) is 32.3 Å². The lowest BCUT2D eigenvalue weighted by atomic mass is 9.91. The topological polar surface area (TPSA) is 78.9 Å². The Kier molecular flexibility index (Phi) is 5.52. The van der Waals surface area contributed by atoms with E-state index < -0.39 is 11.4 Å². The average Bonchev–Trinajstić information content (AvgIpc) is 3.32. The van der Waals surface area contributed by atoms with Gasteiger partial charge in [0, 0.05) is 36.4 Å². The number of likely N-dealkylation sites (tertiary alicyclic amines) is 1. The van der Waals surface area contributed by atoms with E-state index in [1.165, 1.54) is 12.1 Å². The fourth-order valence-corrected chi connectivity index (χ4v) is 4.98. The molecule has 0 saturated carbocycles. The fourth-order valence-electron chi connectivity index (χ4n) is 4.98. The SMILES string of the molecule is CC1(C)O/C(=C2/C(=O)Nc3cc(F)ccc32)C=C1c1ccc(C(=O)N2CCCC(CO)C2)cc1. The number of nitrogens with zero attached hydrogens (tertiary/aromatic N) is 1. The second-order valence-corrected chi connectivity index (χ2v) is 9.57. The second-order valence-electron chi connectivity index (χ2n) is 9.57. The van der Waals surface area contributed by atoms with Gasteiger partial charge in [-0.05, 0) is 74.6 Å². The Bertz CT molecular complexity index is 1230. The van der Waals surface area contributed by atoms with Gasteiger partial charge in [0.05, 0.1) is 11.3 Å². The molecule has 0 aliphatic carbocycles. The summed E-state index contributed by atoms with van der Waals surface area (Å²) in [5, 5.41) is 12.2. The van der Waals surface area contributed by atoms with E-state index in [0.717, 1.165) is 24.0 Å². The molecular formula is C27H27FN2O4. The second kappa shape index (κ2) is 8.40. The summed E-state index contributed by atoms with van der Waals surface area (Å²) in [6.45, 7) is 5.22. The third-order valence-corrected chi connectivity index (χ3v) is 6.77. The third-order valence-electron chi connectivity index (χ3n) is 6.77. The highest BCUT2D eigenvalue weighted by Crippen LogP contribution is 2.44. The van der Waals surface area contributed by atoms with Crippen molar-refractivity contribution in [2.24, 2.45) is 5.92 Å². The average molecular weight is 463 g/mol. The maximum atomic E-state index is 13.6. The molecule has 1 unspecified atom stereocenters. The van der Waals surface area contributed by atoms with Gasteiger partial charge >= 0.3 is 0 Å². The van der Waals surface area contributed by atoms with Crippen LogP contribution in [0, 0.1) is 11.7 Å². The standard InChI is InChI=1S/C27H27FN2O4/c1-27(2)21(13-23(34-27)24-20-10-9-19(28)12-22(20)29-25(24)32)17-5-7-18(8-6-17)26(33)30-11-3-4-16(14-30)15-31/h5-10,12-13,16,31H,3-4,11,14-15H2,1-2H3,(H,29,32)/b24-23+. The molecule has 1 atom stereocenters. The number of ether oxygens (including phenoxy) is 1. The van der Waals surface area contributed by atoms with Crippen LogP contribution in [0.15, 0.2) is 54.3 Å². The van der Waals surface area contributed by atoms with Crippen LogP contribution < -0.4 is 5.32 Å². The number of carbonyl (C=O) groups excluding carboxylic acids is 2. The summed E-state index contributed by atoms with van der Waals surface area (Å²) in [5.41, 5.74) is 3.10. The molecule has 2 N–H and O–H groups in total. The number of piperidine rings is 1. The van der Waals surface area contributed by atoms with Crippen molar-refractivity contribution in [3.05, 3.63) is 76.8 Å². The Morgan fingerprint density at radius 1 is 1.24 bits per heavy atom. The van der Waals surface area contributed by atoms with Gasteiger partial charge in [0.25, 0.3) is 11.8 Å². The largest absolute Gasteiger partial charge is 0.482 e. The van der Waals surface area contributed by atoms with Crippen molar-refractivity contribution in [3.8, 4) is 0 Å². The van der Waals surface area contributed by atoms with Gasteiger partial charge < -0.3 is 20.1 Å². The molecular weight excluding hydrogens is 435 g/mol. The normalized spacial score (nSPS) is 23.3. The molecule has 2 amide bonds. The van der Waals surface area contributed by atoms with E-state index in [9.17, 15) is 19.1 Å². The lowest BCUT2D eigenvalue weighted by Gasteiger charge is -2.32. The zero-order chi connectivity index (χ0) is 24.0. The summed E-state index contributed by atoms with van der Waals surface area (Å²) in [6.07, 6.45) is 3.69. The quantitative estimate of drug-likeness (QED) is 0.670.